The van der Waals surface area contributed by atoms with E-state index in [1.165, 1.54) is 7.11 Å². The third kappa shape index (κ3) is 5.92. The number of likely N-dealkylation sites (tertiary alicyclic amines) is 1. The lowest BCUT2D eigenvalue weighted by Crippen LogP contribution is -2.46. The molecule has 0 aromatic heterocycles. The van der Waals surface area contributed by atoms with E-state index in [-0.39, 0.29) is 24.5 Å². The van der Waals surface area contributed by atoms with Crippen LogP contribution in [0, 0.1) is 5.92 Å². The summed E-state index contributed by atoms with van der Waals surface area (Å²) >= 11 is 0. The Morgan fingerprint density at radius 2 is 2.21 bits per heavy atom. The molecular formula is C13H24N2O4. The Bertz CT molecular complexity index is 296. The average molecular weight is 272 g/mol. The molecule has 0 spiro atoms. The second kappa shape index (κ2) is 8.74. The number of carbonyl (C=O) groups excluding carboxylic acids is 2. The summed E-state index contributed by atoms with van der Waals surface area (Å²) in [4.78, 5) is 24.5. The maximum absolute atomic E-state index is 11.9. The number of unbranched alkanes of at least 4 members (excludes halogenated alkanes) is 1. The van der Waals surface area contributed by atoms with Crippen LogP contribution in [0.25, 0.3) is 0 Å². The van der Waals surface area contributed by atoms with E-state index in [0.29, 0.717) is 25.9 Å². The fraction of sp³-hybridized carbons (Fsp3) is 0.846. The van der Waals surface area contributed by atoms with Gasteiger partial charge >= 0.3 is 12.0 Å². The number of carbonyl (C=O) groups is 2. The van der Waals surface area contributed by atoms with E-state index in [4.69, 9.17) is 5.11 Å². The van der Waals surface area contributed by atoms with Crippen LogP contribution in [0.1, 0.15) is 32.1 Å². The van der Waals surface area contributed by atoms with Crippen molar-refractivity contribution in [3.8, 4) is 0 Å². The van der Waals surface area contributed by atoms with Crippen LogP contribution in [-0.2, 0) is 9.53 Å². The van der Waals surface area contributed by atoms with Gasteiger partial charge in [-0.1, -0.05) is 0 Å². The maximum Gasteiger partial charge on any atom is 0.317 e. The number of urea groups is 1. The van der Waals surface area contributed by atoms with Gasteiger partial charge in [-0.15, -0.1) is 0 Å². The number of nitrogens with zero attached hydrogens (tertiary/aromatic N) is 1. The van der Waals surface area contributed by atoms with Crippen molar-refractivity contribution in [2.24, 2.45) is 5.92 Å². The van der Waals surface area contributed by atoms with E-state index in [2.05, 4.69) is 10.1 Å². The van der Waals surface area contributed by atoms with E-state index in [0.717, 1.165) is 25.8 Å². The molecule has 0 radical (unpaired) electrons. The normalized spacial score (nSPS) is 19.1. The number of aliphatic hydroxyl groups is 1. The Morgan fingerprint density at radius 3 is 2.89 bits per heavy atom. The zero-order valence-corrected chi connectivity index (χ0v) is 11.6. The highest BCUT2D eigenvalue weighted by Gasteiger charge is 2.22. The first-order valence-electron chi connectivity index (χ1n) is 6.87. The van der Waals surface area contributed by atoms with E-state index >= 15 is 0 Å². The maximum atomic E-state index is 11.9. The summed E-state index contributed by atoms with van der Waals surface area (Å²) in [5, 5.41) is 12.0. The first-order chi connectivity index (χ1) is 9.17. The zero-order valence-electron chi connectivity index (χ0n) is 11.6. The van der Waals surface area contributed by atoms with E-state index in [1.54, 1.807) is 4.90 Å². The highest BCUT2D eigenvalue weighted by molar-refractivity contribution is 5.74. The van der Waals surface area contributed by atoms with Crippen molar-refractivity contribution < 1.29 is 19.4 Å². The van der Waals surface area contributed by atoms with Gasteiger partial charge in [0.15, 0.2) is 0 Å². The minimum Gasteiger partial charge on any atom is -0.469 e. The molecular weight excluding hydrogens is 248 g/mol. The van der Waals surface area contributed by atoms with E-state index < -0.39 is 0 Å². The molecule has 6 heteroatoms. The molecule has 1 aliphatic heterocycles. The molecule has 0 bridgehead atoms. The number of rotatable bonds is 6. The van der Waals surface area contributed by atoms with Crippen LogP contribution in [0.2, 0.25) is 0 Å². The monoisotopic (exact) mass is 272 g/mol. The number of ether oxygens (including phenoxy) is 1. The Hall–Kier alpha value is -1.30. The number of nitrogens with one attached hydrogen (secondary N) is 1. The number of piperidine rings is 1. The summed E-state index contributed by atoms with van der Waals surface area (Å²) < 4.78 is 4.54. The lowest BCUT2D eigenvalue weighted by atomic mass is 9.99. The minimum absolute atomic E-state index is 0.0729. The number of methoxy groups -OCH3 is 1. The average Bonchev–Trinajstić information content (AvgIpc) is 2.46. The molecule has 1 atom stereocenters. The molecule has 2 amide bonds. The molecule has 1 fully saturated rings. The van der Waals surface area contributed by atoms with Crippen molar-refractivity contribution >= 4 is 12.0 Å². The van der Waals surface area contributed by atoms with Crippen LogP contribution in [0.5, 0.6) is 0 Å². The Labute approximate surface area is 114 Å². The second-order valence-corrected chi connectivity index (χ2v) is 4.90. The van der Waals surface area contributed by atoms with Crippen molar-refractivity contribution in [2.45, 2.75) is 32.1 Å². The summed E-state index contributed by atoms with van der Waals surface area (Å²) in [5.74, 6) is -0.00744. The van der Waals surface area contributed by atoms with Gasteiger partial charge in [0, 0.05) is 32.7 Å². The van der Waals surface area contributed by atoms with Crippen LogP contribution in [0.4, 0.5) is 4.79 Å². The summed E-state index contributed by atoms with van der Waals surface area (Å²) in [7, 11) is 1.37. The lowest BCUT2D eigenvalue weighted by molar-refractivity contribution is -0.140. The van der Waals surface area contributed by atoms with Gasteiger partial charge in [-0.25, -0.2) is 4.79 Å². The van der Waals surface area contributed by atoms with Crippen LogP contribution >= 0.6 is 0 Å². The number of hydrogen-bond donors (Lipinski definition) is 2. The number of aliphatic hydroxyl groups excluding tert-OH is 1. The first-order valence-corrected chi connectivity index (χ1v) is 6.87. The quantitative estimate of drug-likeness (QED) is 0.552. The van der Waals surface area contributed by atoms with Crippen molar-refractivity contribution in [2.75, 3.05) is 33.4 Å². The SMILES string of the molecule is COC(=O)CCCCNC(=O)N1CCCC(CO)C1. The van der Waals surface area contributed by atoms with Gasteiger partial charge < -0.3 is 20.1 Å². The van der Waals surface area contributed by atoms with Gasteiger partial charge in [0.25, 0.3) is 0 Å². The van der Waals surface area contributed by atoms with Crippen LogP contribution in [-0.4, -0.2) is 55.4 Å². The van der Waals surface area contributed by atoms with Crippen molar-refractivity contribution in [3.05, 3.63) is 0 Å². The molecule has 1 saturated heterocycles. The third-order valence-corrected chi connectivity index (χ3v) is 3.38. The first kappa shape index (κ1) is 15.8. The minimum atomic E-state index is -0.215. The van der Waals surface area contributed by atoms with Gasteiger partial charge in [0.05, 0.1) is 7.11 Å². The second-order valence-electron chi connectivity index (χ2n) is 4.90. The van der Waals surface area contributed by atoms with E-state index in [1.807, 2.05) is 0 Å². The van der Waals surface area contributed by atoms with Crippen LogP contribution < -0.4 is 5.32 Å². The third-order valence-electron chi connectivity index (χ3n) is 3.38. The molecule has 110 valence electrons. The molecule has 0 aromatic carbocycles. The standard InChI is InChI=1S/C13H24N2O4/c1-19-12(17)6-2-3-7-14-13(18)15-8-4-5-11(9-15)10-16/h11,16H,2-10H2,1H3,(H,14,18). The molecule has 2 N–H and O–H groups in total. The predicted octanol–water partition coefficient (Wildman–Crippen LogP) is 0.744. The zero-order chi connectivity index (χ0) is 14.1. The summed E-state index contributed by atoms with van der Waals surface area (Å²) in [6.07, 6.45) is 3.80. The largest absolute Gasteiger partial charge is 0.469 e. The number of amides is 2. The van der Waals surface area contributed by atoms with Crippen molar-refractivity contribution in [1.82, 2.24) is 10.2 Å². The highest BCUT2D eigenvalue weighted by atomic mass is 16.5. The number of hydrogen-bond acceptors (Lipinski definition) is 4. The topological polar surface area (TPSA) is 78.9 Å². The molecule has 1 rings (SSSR count). The molecule has 1 heterocycles. The van der Waals surface area contributed by atoms with Crippen LogP contribution in [0.15, 0.2) is 0 Å². The van der Waals surface area contributed by atoms with Gasteiger partial charge in [0.2, 0.25) is 0 Å². The fourth-order valence-corrected chi connectivity index (χ4v) is 2.20. The molecule has 1 aliphatic rings. The van der Waals surface area contributed by atoms with Gasteiger partial charge in [-0.05, 0) is 31.6 Å². The molecule has 6 nitrogen and oxygen atoms in total. The molecule has 19 heavy (non-hydrogen) atoms. The van der Waals surface area contributed by atoms with Crippen molar-refractivity contribution in [1.29, 1.82) is 0 Å². The Balaban J connectivity index is 2.11. The summed E-state index contributed by atoms with van der Waals surface area (Å²) in [6, 6.07) is -0.0729. The Morgan fingerprint density at radius 1 is 1.42 bits per heavy atom. The lowest BCUT2D eigenvalue weighted by Gasteiger charge is -2.31. The highest BCUT2D eigenvalue weighted by Crippen LogP contribution is 2.15. The Kier molecular flexibility index (Phi) is 7.25. The van der Waals surface area contributed by atoms with Gasteiger partial charge in [-0.2, -0.15) is 0 Å². The fourth-order valence-electron chi connectivity index (χ4n) is 2.20. The van der Waals surface area contributed by atoms with E-state index in [9.17, 15) is 9.59 Å². The summed E-state index contributed by atoms with van der Waals surface area (Å²) in [6.45, 7) is 2.09. The molecule has 1 unspecified atom stereocenters. The molecule has 0 aromatic rings. The molecule has 0 saturated carbocycles. The van der Waals surface area contributed by atoms with Gasteiger partial charge in [-0.3, -0.25) is 4.79 Å². The summed E-state index contributed by atoms with van der Waals surface area (Å²) in [5.41, 5.74) is 0. The van der Waals surface area contributed by atoms with Crippen LogP contribution in [0.3, 0.4) is 0 Å². The van der Waals surface area contributed by atoms with Gasteiger partial charge in [0.1, 0.15) is 0 Å². The predicted molar refractivity (Wildman–Crippen MR) is 70.6 cm³/mol. The van der Waals surface area contributed by atoms with Crippen molar-refractivity contribution in [3.63, 3.8) is 0 Å². The molecule has 0 aliphatic carbocycles. The number of esters is 1. The smallest absolute Gasteiger partial charge is 0.317 e.